The number of phenols is 1. The number of halogens is 4. The molecular weight excluding hydrogens is 461 g/mol. The van der Waals surface area contributed by atoms with E-state index in [1.807, 2.05) is 5.32 Å². The number of ether oxygens (including phenoxy) is 1. The Morgan fingerprint density at radius 1 is 1.26 bits per heavy atom. The lowest BCUT2D eigenvalue weighted by molar-refractivity contribution is -0.127. The maximum absolute atomic E-state index is 13.7. The fraction of sp³-hybridized carbons (Fsp3) is 0.105. The topological polar surface area (TPSA) is 95.9 Å². The number of nitrogens with one attached hydrogen (secondary N) is 1. The zero-order valence-electron chi connectivity index (χ0n) is 15.5. The molecule has 162 valence electrons. The summed E-state index contributed by atoms with van der Waals surface area (Å²) in [5.41, 5.74) is -0.296. The van der Waals surface area contributed by atoms with Gasteiger partial charge in [0.15, 0.2) is 29.0 Å². The van der Waals surface area contributed by atoms with Gasteiger partial charge in [0, 0.05) is 0 Å². The van der Waals surface area contributed by atoms with E-state index in [2.05, 4.69) is 0 Å². The summed E-state index contributed by atoms with van der Waals surface area (Å²) in [7, 11) is 1.30. The van der Waals surface area contributed by atoms with E-state index in [0.717, 1.165) is 6.07 Å². The number of aromatic hydroxyl groups is 1. The molecule has 0 radical (unpaired) electrons. The van der Waals surface area contributed by atoms with Gasteiger partial charge in [-0.2, -0.15) is 0 Å². The summed E-state index contributed by atoms with van der Waals surface area (Å²) in [6.07, 6.45) is 1.31. The monoisotopic (exact) mass is 472 g/mol. The zero-order chi connectivity index (χ0) is 22.9. The van der Waals surface area contributed by atoms with Crippen LogP contribution in [0.2, 0.25) is 5.02 Å². The van der Waals surface area contributed by atoms with Crippen LogP contribution in [-0.4, -0.2) is 40.7 Å². The fourth-order valence-corrected chi connectivity index (χ4v) is 3.63. The quantitative estimate of drug-likeness (QED) is 0.501. The number of thioether (sulfide) groups is 1. The molecule has 2 aromatic carbocycles. The summed E-state index contributed by atoms with van der Waals surface area (Å²) in [5, 5.41) is 10.9. The average molecular weight is 473 g/mol. The number of phenolic OH excluding ortho intramolecular Hbond substituents is 1. The lowest BCUT2D eigenvalue weighted by atomic mass is 10.2. The third-order valence-corrected chi connectivity index (χ3v) is 5.25. The molecular formula is C19H12ClF3N2O5S. The maximum Gasteiger partial charge on any atom is 0.294 e. The van der Waals surface area contributed by atoms with Crippen LogP contribution in [0.5, 0.6) is 11.5 Å². The number of hydrogen-bond acceptors (Lipinski definition) is 6. The summed E-state index contributed by atoms with van der Waals surface area (Å²) in [6, 6.07) is 4.15. The Bertz CT molecular complexity index is 1140. The number of rotatable bonds is 5. The second-order valence-electron chi connectivity index (χ2n) is 6.09. The number of methoxy groups -OCH3 is 1. The van der Waals surface area contributed by atoms with Crippen LogP contribution in [0.25, 0.3) is 6.08 Å². The van der Waals surface area contributed by atoms with Crippen molar-refractivity contribution in [1.82, 2.24) is 4.90 Å². The first-order valence-electron chi connectivity index (χ1n) is 8.37. The van der Waals surface area contributed by atoms with Gasteiger partial charge in [0.2, 0.25) is 5.91 Å². The smallest absolute Gasteiger partial charge is 0.294 e. The highest BCUT2D eigenvalue weighted by Gasteiger charge is 2.36. The van der Waals surface area contributed by atoms with E-state index in [9.17, 15) is 32.7 Å². The molecule has 0 spiro atoms. The number of amides is 3. The predicted molar refractivity (Wildman–Crippen MR) is 107 cm³/mol. The Morgan fingerprint density at radius 3 is 2.65 bits per heavy atom. The van der Waals surface area contributed by atoms with Crippen molar-refractivity contribution in [3.05, 3.63) is 57.2 Å². The summed E-state index contributed by atoms with van der Waals surface area (Å²) >= 11 is 6.44. The van der Waals surface area contributed by atoms with Gasteiger partial charge in [-0.1, -0.05) is 11.6 Å². The molecule has 12 heteroatoms. The maximum atomic E-state index is 13.7. The highest BCUT2D eigenvalue weighted by atomic mass is 35.5. The van der Waals surface area contributed by atoms with Gasteiger partial charge in [0.1, 0.15) is 6.54 Å². The minimum atomic E-state index is -1.77. The molecule has 0 saturated carbocycles. The molecule has 1 aliphatic heterocycles. The average Bonchev–Trinajstić information content (AvgIpc) is 2.98. The number of carbonyl (C=O) groups excluding carboxylic acids is 3. The normalized spacial score (nSPS) is 15.0. The first-order chi connectivity index (χ1) is 14.6. The van der Waals surface area contributed by atoms with Crippen molar-refractivity contribution in [3.63, 3.8) is 0 Å². The number of imide groups is 1. The fourth-order valence-electron chi connectivity index (χ4n) is 2.58. The highest BCUT2D eigenvalue weighted by molar-refractivity contribution is 8.18. The molecule has 1 saturated heterocycles. The molecule has 2 aromatic rings. The Morgan fingerprint density at radius 2 is 1.97 bits per heavy atom. The Hall–Kier alpha value is -3.18. The molecule has 1 aliphatic rings. The third-order valence-electron chi connectivity index (χ3n) is 4.05. The van der Waals surface area contributed by atoms with Crippen molar-refractivity contribution in [2.24, 2.45) is 0 Å². The zero-order valence-corrected chi connectivity index (χ0v) is 17.1. The van der Waals surface area contributed by atoms with Gasteiger partial charge < -0.3 is 15.2 Å². The van der Waals surface area contributed by atoms with Crippen LogP contribution in [0.3, 0.4) is 0 Å². The minimum Gasteiger partial charge on any atom is -0.503 e. The van der Waals surface area contributed by atoms with Gasteiger partial charge >= 0.3 is 0 Å². The Balaban J connectivity index is 1.76. The Labute approximate surface area is 182 Å². The molecule has 1 heterocycles. The summed E-state index contributed by atoms with van der Waals surface area (Å²) in [6.45, 7) is -0.778. The van der Waals surface area contributed by atoms with E-state index < -0.39 is 46.7 Å². The third kappa shape index (κ3) is 4.62. The van der Waals surface area contributed by atoms with Crippen LogP contribution in [0.15, 0.2) is 29.2 Å². The van der Waals surface area contributed by atoms with E-state index in [4.69, 9.17) is 16.3 Å². The summed E-state index contributed by atoms with van der Waals surface area (Å²) in [4.78, 5) is 37.3. The van der Waals surface area contributed by atoms with Crippen molar-refractivity contribution < 1.29 is 37.4 Å². The van der Waals surface area contributed by atoms with Gasteiger partial charge in [-0.3, -0.25) is 19.3 Å². The highest BCUT2D eigenvalue weighted by Crippen LogP contribution is 2.38. The SMILES string of the molecule is COc1cc(/C=C2\SC(=O)N(CC(=O)Nc3ccc(F)c(F)c3F)C2=O)cc(Cl)c1O. The molecule has 0 aliphatic carbocycles. The van der Waals surface area contributed by atoms with Crippen LogP contribution in [0.4, 0.5) is 23.7 Å². The van der Waals surface area contributed by atoms with Crippen LogP contribution < -0.4 is 10.1 Å². The number of benzene rings is 2. The standard InChI is InChI=1S/C19H12ClF3N2O5S/c1-30-12-5-8(4-9(20)17(12)27)6-13-18(28)25(19(29)31-13)7-14(26)24-11-3-2-10(21)15(22)16(11)23/h2-6,27H,7H2,1H3,(H,24,26)/b13-6-. The molecule has 0 bridgehead atoms. The molecule has 0 atom stereocenters. The lowest BCUT2D eigenvalue weighted by Crippen LogP contribution is -2.36. The molecule has 0 unspecified atom stereocenters. The van der Waals surface area contributed by atoms with E-state index in [0.29, 0.717) is 28.3 Å². The van der Waals surface area contributed by atoms with Crippen molar-refractivity contribution in [2.75, 3.05) is 19.0 Å². The molecule has 1 fully saturated rings. The van der Waals surface area contributed by atoms with Gasteiger partial charge in [0.05, 0.1) is 22.7 Å². The van der Waals surface area contributed by atoms with Crippen LogP contribution in [-0.2, 0) is 9.59 Å². The molecule has 2 N–H and O–H groups in total. The van der Waals surface area contributed by atoms with Crippen LogP contribution in [0, 0.1) is 17.5 Å². The number of nitrogens with zero attached hydrogens (tertiary/aromatic N) is 1. The second kappa shape index (κ2) is 8.90. The molecule has 7 nitrogen and oxygen atoms in total. The minimum absolute atomic E-state index is 0.0411. The summed E-state index contributed by atoms with van der Waals surface area (Å²) in [5.74, 6) is -6.86. The first kappa shape index (κ1) is 22.5. The van der Waals surface area contributed by atoms with Gasteiger partial charge in [-0.15, -0.1) is 0 Å². The van der Waals surface area contributed by atoms with Gasteiger partial charge in [0.25, 0.3) is 11.1 Å². The van der Waals surface area contributed by atoms with E-state index >= 15 is 0 Å². The molecule has 31 heavy (non-hydrogen) atoms. The molecule has 3 amide bonds. The summed E-state index contributed by atoms with van der Waals surface area (Å²) < 4.78 is 44.9. The van der Waals surface area contributed by atoms with Crippen LogP contribution >= 0.6 is 23.4 Å². The van der Waals surface area contributed by atoms with E-state index in [1.165, 1.54) is 25.3 Å². The number of anilines is 1. The van der Waals surface area contributed by atoms with Crippen LogP contribution in [0.1, 0.15) is 5.56 Å². The first-order valence-corrected chi connectivity index (χ1v) is 9.57. The molecule has 3 rings (SSSR count). The number of hydrogen-bond donors (Lipinski definition) is 2. The number of carbonyl (C=O) groups is 3. The van der Waals surface area contributed by atoms with Gasteiger partial charge in [-0.25, -0.2) is 13.2 Å². The largest absolute Gasteiger partial charge is 0.503 e. The predicted octanol–water partition coefficient (Wildman–Crippen LogP) is 4.15. The second-order valence-corrected chi connectivity index (χ2v) is 7.49. The molecule has 0 aromatic heterocycles. The van der Waals surface area contributed by atoms with Crippen molar-refractivity contribution in [3.8, 4) is 11.5 Å². The van der Waals surface area contributed by atoms with E-state index in [-0.39, 0.29) is 21.4 Å². The van der Waals surface area contributed by atoms with Crippen molar-refractivity contribution in [1.29, 1.82) is 0 Å². The van der Waals surface area contributed by atoms with Crippen molar-refractivity contribution >= 4 is 52.2 Å². The lowest BCUT2D eigenvalue weighted by Gasteiger charge is -2.13. The van der Waals surface area contributed by atoms with Gasteiger partial charge in [-0.05, 0) is 47.7 Å². The van der Waals surface area contributed by atoms with E-state index in [1.54, 1.807) is 0 Å². The van der Waals surface area contributed by atoms with Crippen molar-refractivity contribution in [2.45, 2.75) is 0 Å². The Kier molecular flexibility index (Phi) is 6.46.